The first kappa shape index (κ1) is 18.5. The SMILES string of the molecule is O=C(NC1CCN(C(=O)C2CC(=O)N(c3cccc(Br)c3)C2)CC1)C1CC1. The number of halogens is 1. The molecule has 3 aliphatic rings. The Bertz CT molecular complexity index is 757. The Morgan fingerprint density at radius 3 is 2.48 bits per heavy atom. The van der Waals surface area contributed by atoms with E-state index in [9.17, 15) is 14.4 Å². The van der Waals surface area contributed by atoms with Crippen molar-refractivity contribution in [3.05, 3.63) is 28.7 Å². The van der Waals surface area contributed by atoms with Gasteiger partial charge in [-0.15, -0.1) is 0 Å². The first-order valence-corrected chi connectivity index (χ1v) is 10.5. The number of likely N-dealkylation sites (tertiary alicyclic amines) is 1. The maximum Gasteiger partial charge on any atom is 0.228 e. The van der Waals surface area contributed by atoms with Gasteiger partial charge in [-0.3, -0.25) is 14.4 Å². The number of carbonyl (C=O) groups is 3. The lowest BCUT2D eigenvalue weighted by Crippen LogP contribution is -2.48. The molecule has 2 heterocycles. The van der Waals surface area contributed by atoms with E-state index in [1.54, 1.807) is 4.90 Å². The molecule has 2 saturated heterocycles. The van der Waals surface area contributed by atoms with E-state index in [1.165, 1.54) is 0 Å². The van der Waals surface area contributed by atoms with Crippen molar-refractivity contribution in [1.29, 1.82) is 0 Å². The minimum atomic E-state index is -0.283. The second kappa shape index (κ2) is 7.62. The number of benzene rings is 1. The van der Waals surface area contributed by atoms with E-state index in [4.69, 9.17) is 0 Å². The molecule has 1 atom stereocenters. The van der Waals surface area contributed by atoms with Crippen LogP contribution in [0.5, 0.6) is 0 Å². The molecule has 1 unspecified atom stereocenters. The highest BCUT2D eigenvalue weighted by Crippen LogP contribution is 2.30. The summed E-state index contributed by atoms with van der Waals surface area (Å²) < 4.78 is 0.915. The summed E-state index contributed by atoms with van der Waals surface area (Å²) in [5, 5.41) is 3.11. The normalized spacial score (nSPS) is 23.6. The third kappa shape index (κ3) is 4.18. The van der Waals surface area contributed by atoms with E-state index in [0.29, 0.717) is 19.6 Å². The molecule has 6 nitrogen and oxygen atoms in total. The lowest BCUT2D eigenvalue weighted by atomic mass is 10.0. The quantitative estimate of drug-likeness (QED) is 0.791. The minimum absolute atomic E-state index is 0.00182. The number of rotatable bonds is 4. The third-order valence-corrected chi connectivity index (χ3v) is 6.19. The largest absolute Gasteiger partial charge is 0.353 e. The number of hydrogen-bond donors (Lipinski definition) is 1. The van der Waals surface area contributed by atoms with Crippen LogP contribution in [0.1, 0.15) is 32.1 Å². The van der Waals surface area contributed by atoms with Crippen molar-refractivity contribution < 1.29 is 14.4 Å². The van der Waals surface area contributed by atoms with E-state index >= 15 is 0 Å². The summed E-state index contributed by atoms with van der Waals surface area (Å²) in [6.07, 6.45) is 3.87. The van der Waals surface area contributed by atoms with Gasteiger partial charge in [0.05, 0.1) is 5.92 Å². The molecule has 7 heteroatoms. The number of hydrogen-bond acceptors (Lipinski definition) is 3. The first-order valence-electron chi connectivity index (χ1n) is 9.66. The summed E-state index contributed by atoms with van der Waals surface area (Å²) in [5.74, 6) is 0.170. The van der Waals surface area contributed by atoms with Crippen LogP contribution in [-0.2, 0) is 14.4 Å². The van der Waals surface area contributed by atoms with E-state index in [2.05, 4.69) is 21.2 Å². The van der Waals surface area contributed by atoms with Gasteiger partial charge in [0, 0.05) is 48.2 Å². The molecule has 3 fully saturated rings. The van der Waals surface area contributed by atoms with E-state index in [1.807, 2.05) is 29.2 Å². The summed E-state index contributed by atoms with van der Waals surface area (Å²) >= 11 is 3.43. The van der Waals surface area contributed by atoms with Crippen LogP contribution in [0.2, 0.25) is 0 Å². The van der Waals surface area contributed by atoms with Gasteiger partial charge in [0.1, 0.15) is 0 Å². The lowest BCUT2D eigenvalue weighted by molar-refractivity contribution is -0.137. The highest BCUT2D eigenvalue weighted by atomic mass is 79.9. The van der Waals surface area contributed by atoms with Gasteiger partial charge in [-0.05, 0) is 43.9 Å². The molecule has 1 N–H and O–H groups in total. The Morgan fingerprint density at radius 2 is 1.81 bits per heavy atom. The number of amides is 3. The monoisotopic (exact) mass is 433 g/mol. The Hall–Kier alpha value is -1.89. The van der Waals surface area contributed by atoms with Gasteiger partial charge in [-0.1, -0.05) is 22.0 Å². The molecule has 2 aliphatic heterocycles. The zero-order valence-electron chi connectivity index (χ0n) is 15.2. The second-order valence-electron chi connectivity index (χ2n) is 7.77. The van der Waals surface area contributed by atoms with Crippen LogP contribution >= 0.6 is 15.9 Å². The van der Waals surface area contributed by atoms with Crippen LogP contribution in [0, 0.1) is 11.8 Å². The van der Waals surface area contributed by atoms with Crippen molar-refractivity contribution in [1.82, 2.24) is 10.2 Å². The molecule has 1 aromatic carbocycles. The second-order valence-corrected chi connectivity index (χ2v) is 8.68. The van der Waals surface area contributed by atoms with Gasteiger partial charge in [0.25, 0.3) is 0 Å². The Labute approximate surface area is 167 Å². The van der Waals surface area contributed by atoms with Crippen molar-refractivity contribution in [3.63, 3.8) is 0 Å². The van der Waals surface area contributed by atoms with Gasteiger partial charge >= 0.3 is 0 Å². The molecule has 0 aromatic heterocycles. The van der Waals surface area contributed by atoms with Crippen molar-refractivity contribution in [3.8, 4) is 0 Å². The Morgan fingerprint density at radius 1 is 1.07 bits per heavy atom. The van der Waals surface area contributed by atoms with E-state index < -0.39 is 0 Å². The molecular weight excluding hydrogens is 410 g/mol. The highest BCUT2D eigenvalue weighted by Gasteiger charge is 2.38. The number of carbonyl (C=O) groups excluding carboxylic acids is 3. The average Bonchev–Trinajstić information content (AvgIpc) is 3.44. The number of anilines is 1. The molecule has 1 aliphatic carbocycles. The van der Waals surface area contributed by atoms with Gasteiger partial charge < -0.3 is 15.1 Å². The van der Waals surface area contributed by atoms with Crippen LogP contribution in [0.25, 0.3) is 0 Å². The number of piperidine rings is 1. The predicted molar refractivity (Wildman–Crippen MR) is 105 cm³/mol. The molecule has 144 valence electrons. The predicted octanol–water partition coefficient (Wildman–Crippen LogP) is 2.32. The van der Waals surface area contributed by atoms with E-state index in [-0.39, 0.29) is 42.0 Å². The average molecular weight is 434 g/mol. The van der Waals surface area contributed by atoms with Crippen LogP contribution < -0.4 is 10.2 Å². The van der Waals surface area contributed by atoms with Crippen LogP contribution in [-0.4, -0.2) is 48.3 Å². The van der Waals surface area contributed by atoms with Crippen molar-refractivity contribution in [2.75, 3.05) is 24.5 Å². The summed E-state index contributed by atoms with van der Waals surface area (Å²) in [7, 11) is 0. The van der Waals surface area contributed by atoms with Gasteiger partial charge in [-0.25, -0.2) is 0 Å². The molecular formula is C20H24BrN3O3. The van der Waals surface area contributed by atoms with Crippen molar-refractivity contribution >= 4 is 39.3 Å². The van der Waals surface area contributed by atoms with Crippen LogP contribution in [0.3, 0.4) is 0 Å². The Balaban J connectivity index is 1.31. The molecule has 0 bridgehead atoms. The zero-order valence-corrected chi connectivity index (χ0v) is 16.8. The topological polar surface area (TPSA) is 69.7 Å². The van der Waals surface area contributed by atoms with Gasteiger partial charge in [-0.2, -0.15) is 0 Å². The molecule has 3 amide bonds. The molecule has 1 saturated carbocycles. The van der Waals surface area contributed by atoms with Crippen molar-refractivity contribution in [2.24, 2.45) is 11.8 Å². The highest BCUT2D eigenvalue weighted by molar-refractivity contribution is 9.10. The standard InChI is InChI=1S/C20H24BrN3O3/c21-15-2-1-3-17(11-15)24-12-14(10-18(24)25)20(27)23-8-6-16(7-9-23)22-19(26)13-4-5-13/h1-3,11,13-14,16H,4-10,12H2,(H,22,26). The molecule has 4 rings (SSSR count). The van der Waals surface area contributed by atoms with E-state index in [0.717, 1.165) is 35.8 Å². The van der Waals surface area contributed by atoms with Crippen molar-refractivity contribution in [2.45, 2.75) is 38.1 Å². The first-order chi connectivity index (χ1) is 13.0. The van der Waals surface area contributed by atoms with Gasteiger partial charge in [0.2, 0.25) is 17.7 Å². The summed E-state index contributed by atoms with van der Waals surface area (Å²) in [5.41, 5.74) is 0.825. The molecule has 27 heavy (non-hydrogen) atoms. The maximum atomic E-state index is 12.9. The zero-order chi connectivity index (χ0) is 19.0. The lowest BCUT2D eigenvalue weighted by Gasteiger charge is -2.33. The maximum absolute atomic E-state index is 12.9. The summed E-state index contributed by atoms with van der Waals surface area (Å²) in [6.45, 7) is 1.73. The summed E-state index contributed by atoms with van der Waals surface area (Å²) in [6, 6.07) is 7.77. The molecule has 0 radical (unpaired) electrons. The molecule has 1 aromatic rings. The fraction of sp³-hybridized carbons (Fsp3) is 0.550. The van der Waals surface area contributed by atoms with Gasteiger partial charge in [0.15, 0.2) is 0 Å². The fourth-order valence-electron chi connectivity index (χ4n) is 3.93. The third-order valence-electron chi connectivity index (χ3n) is 5.70. The molecule has 0 spiro atoms. The van der Waals surface area contributed by atoms with Crippen LogP contribution in [0.4, 0.5) is 5.69 Å². The smallest absolute Gasteiger partial charge is 0.228 e. The number of nitrogens with one attached hydrogen (secondary N) is 1. The Kier molecular flexibility index (Phi) is 5.21. The summed E-state index contributed by atoms with van der Waals surface area (Å²) in [4.78, 5) is 40.8. The number of nitrogens with zero attached hydrogens (tertiary/aromatic N) is 2. The minimum Gasteiger partial charge on any atom is -0.353 e. The fourth-order valence-corrected chi connectivity index (χ4v) is 4.32. The van der Waals surface area contributed by atoms with Crippen LogP contribution in [0.15, 0.2) is 28.7 Å².